The second-order valence-corrected chi connectivity index (χ2v) is 5.55. The lowest BCUT2D eigenvalue weighted by Crippen LogP contribution is -2.37. The second-order valence-electron chi connectivity index (χ2n) is 5.55. The third-order valence-corrected chi connectivity index (χ3v) is 3.05. The maximum Gasteiger partial charge on any atom is 0.422 e. The van der Waals surface area contributed by atoms with E-state index in [4.69, 9.17) is 4.74 Å². The molecule has 0 radical (unpaired) electrons. The van der Waals surface area contributed by atoms with Crippen LogP contribution in [0, 0.1) is 5.92 Å². The Bertz CT molecular complexity index is 508. The fraction of sp³-hybridized carbons (Fsp3) is 0.562. The van der Waals surface area contributed by atoms with Crippen LogP contribution >= 0.6 is 24.0 Å². The number of nitrogens with one attached hydrogen (secondary N) is 2. The molecule has 0 aliphatic heterocycles. The van der Waals surface area contributed by atoms with Crippen molar-refractivity contribution in [1.29, 1.82) is 0 Å². The molecule has 0 unspecified atom stereocenters. The molecule has 0 saturated heterocycles. The molecule has 0 spiro atoms. The molecule has 1 rings (SSSR count). The molecular weight excluding hydrogens is 434 g/mol. The van der Waals surface area contributed by atoms with Crippen LogP contribution in [-0.2, 0) is 6.54 Å². The first-order valence-electron chi connectivity index (χ1n) is 7.54. The Hall–Kier alpha value is -1.19. The summed E-state index contributed by atoms with van der Waals surface area (Å²) in [4.78, 5) is 4.09. The topological polar surface area (TPSA) is 45.7 Å². The van der Waals surface area contributed by atoms with Crippen LogP contribution in [0.1, 0.15) is 25.8 Å². The van der Waals surface area contributed by atoms with E-state index in [1.807, 2.05) is 0 Å². The molecule has 0 aromatic heterocycles. The number of benzene rings is 1. The van der Waals surface area contributed by atoms with E-state index in [2.05, 4.69) is 29.5 Å². The van der Waals surface area contributed by atoms with Crippen LogP contribution in [0.5, 0.6) is 5.75 Å². The Balaban J connectivity index is 0.00000529. The van der Waals surface area contributed by atoms with Gasteiger partial charge in [-0.25, -0.2) is 0 Å². The van der Waals surface area contributed by atoms with Crippen molar-refractivity contribution in [3.63, 3.8) is 0 Å². The van der Waals surface area contributed by atoms with Gasteiger partial charge in [-0.2, -0.15) is 13.2 Å². The number of ether oxygens (including phenoxy) is 1. The first-order valence-corrected chi connectivity index (χ1v) is 7.54. The lowest BCUT2D eigenvalue weighted by atomic mass is 10.1. The maximum atomic E-state index is 12.3. The second kappa shape index (κ2) is 11.4. The van der Waals surface area contributed by atoms with E-state index in [1.165, 1.54) is 6.07 Å². The van der Waals surface area contributed by atoms with Gasteiger partial charge in [-0.1, -0.05) is 32.0 Å². The summed E-state index contributed by atoms with van der Waals surface area (Å²) in [7, 11) is 1.65. The molecule has 0 aliphatic carbocycles. The van der Waals surface area contributed by atoms with Crippen LogP contribution in [0.3, 0.4) is 0 Å². The molecule has 2 N–H and O–H groups in total. The number of nitrogens with zero attached hydrogens (tertiary/aromatic N) is 1. The quantitative estimate of drug-likeness (QED) is 0.369. The normalized spacial score (nSPS) is 11.9. The van der Waals surface area contributed by atoms with Crippen molar-refractivity contribution in [2.24, 2.45) is 10.9 Å². The first kappa shape index (κ1) is 22.8. The number of guanidine groups is 1. The van der Waals surface area contributed by atoms with E-state index in [9.17, 15) is 13.2 Å². The van der Waals surface area contributed by atoms with Crippen LogP contribution in [0.25, 0.3) is 0 Å². The zero-order valence-electron chi connectivity index (χ0n) is 14.1. The largest absolute Gasteiger partial charge is 0.484 e. The van der Waals surface area contributed by atoms with E-state index in [0.717, 1.165) is 13.0 Å². The molecule has 0 heterocycles. The zero-order chi connectivity index (χ0) is 17.3. The lowest BCUT2D eigenvalue weighted by Gasteiger charge is -2.16. The fourth-order valence-corrected chi connectivity index (χ4v) is 1.83. The summed E-state index contributed by atoms with van der Waals surface area (Å²) in [5.74, 6) is 1.41. The number of para-hydroxylation sites is 1. The van der Waals surface area contributed by atoms with Crippen molar-refractivity contribution in [1.82, 2.24) is 10.6 Å². The van der Waals surface area contributed by atoms with E-state index in [1.54, 1.807) is 25.2 Å². The van der Waals surface area contributed by atoms with Crippen LogP contribution in [-0.4, -0.2) is 32.3 Å². The lowest BCUT2D eigenvalue weighted by molar-refractivity contribution is -0.153. The van der Waals surface area contributed by atoms with Crippen molar-refractivity contribution < 1.29 is 17.9 Å². The van der Waals surface area contributed by atoms with Gasteiger partial charge in [0.15, 0.2) is 12.6 Å². The Morgan fingerprint density at radius 3 is 2.46 bits per heavy atom. The van der Waals surface area contributed by atoms with Gasteiger partial charge in [0, 0.05) is 25.7 Å². The number of hydrogen-bond donors (Lipinski definition) is 2. The molecule has 0 amide bonds. The molecule has 0 atom stereocenters. The average Bonchev–Trinajstić information content (AvgIpc) is 2.48. The highest BCUT2D eigenvalue weighted by molar-refractivity contribution is 14.0. The summed E-state index contributed by atoms with van der Waals surface area (Å²) in [5, 5.41) is 6.24. The number of alkyl halides is 3. The van der Waals surface area contributed by atoms with Gasteiger partial charge in [-0.05, 0) is 18.4 Å². The number of halogens is 4. The van der Waals surface area contributed by atoms with Crippen LogP contribution in [0.15, 0.2) is 29.3 Å². The van der Waals surface area contributed by atoms with Gasteiger partial charge >= 0.3 is 6.18 Å². The Labute approximate surface area is 158 Å². The monoisotopic (exact) mass is 459 g/mol. The average molecular weight is 459 g/mol. The van der Waals surface area contributed by atoms with Crippen molar-refractivity contribution in [2.45, 2.75) is 33.0 Å². The number of rotatable bonds is 7. The van der Waals surface area contributed by atoms with Crippen molar-refractivity contribution in [2.75, 3.05) is 20.2 Å². The smallest absolute Gasteiger partial charge is 0.422 e. The highest BCUT2D eigenvalue weighted by atomic mass is 127. The fourth-order valence-electron chi connectivity index (χ4n) is 1.83. The van der Waals surface area contributed by atoms with E-state index in [-0.39, 0.29) is 29.7 Å². The predicted molar refractivity (Wildman–Crippen MR) is 101 cm³/mol. The van der Waals surface area contributed by atoms with Gasteiger partial charge in [0.05, 0.1) is 0 Å². The molecule has 8 heteroatoms. The summed E-state index contributed by atoms with van der Waals surface area (Å²) >= 11 is 0. The SMILES string of the molecule is CN=C(NCCC(C)C)NCc1ccccc1OCC(F)(F)F.I. The molecule has 1 aromatic rings. The predicted octanol–water partition coefficient (Wildman–Crippen LogP) is 3.96. The molecule has 4 nitrogen and oxygen atoms in total. The van der Waals surface area contributed by atoms with Crippen LogP contribution in [0.2, 0.25) is 0 Å². The molecule has 0 bridgehead atoms. The van der Waals surface area contributed by atoms with Crippen molar-refractivity contribution in [3.05, 3.63) is 29.8 Å². The molecule has 0 fully saturated rings. The van der Waals surface area contributed by atoms with E-state index in [0.29, 0.717) is 24.0 Å². The summed E-state index contributed by atoms with van der Waals surface area (Å²) < 4.78 is 41.7. The Morgan fingerprint density at radius 1 is 1.21 bits per heavy atom. The first-order chi connectivity index (χ1) is 10.8. The molecule has 0 saturated carbocycles. The van der Waals surface area contributed by atoms with Crippen molar-refractivity contribution >= 4 is 29.9 Å². The highest BCUT2D eigenvalue weighted by Crippen LogP contribution is 2.21. The van der Waals surface area contributed by atoms with Crippen LogP contribution < -0.4 is 15.4 Å². The minimum absolute atomic E-state index is 0. The zero-order valence-corrected chi connectivity index (χ0v) is 16.4. The maximum absolute atomic E-state index is 12.3. The molecule has 24 heavy (non-hydrogen) atoms. The van der Waals surface area contributed by atoms with Gasteiger partial charge in [0.25, 0.3) is 0 Å². The summed E-state index contributed by atoms with van der Waals surface area (Å²) in [5.41, 5.74) is 0.642. The van der Waals surface area contributed by atoms with E-state index >= 15 is 0 Å². The third-order valence-electron chi connectivity index (χ3n) is 3.05. The molecule has 138 valence electrons. The number of hydrogen-bond acceptors (Lipinski definition) is 2. The summed E-state index contributed by atoms with van der Waals surface area (Å²) in [6.07, 6.45) is -3.35. The molecular formula is C16H25F3IN3O. The highest BCUT2D eigenvalue weighted by Gasteiger charge is 2.28. The van der Waals surface area contributed by atoms with Gasteiger partial charge in [0.1, 0.15) is 5.75 Å². The Kier molecular flexibility index (Phi) is 10.8. The van der Waals surface area contributed by atoms with E-state index < -0.39 is 12.8 Å². The van der Waals surface area contributed by atoms with Gasteiger partial charge < -0.3 is 15.4 Å². The minimum Gasteiger partial charge on any atom is -0.484 e. The summed E-state index contributed by atoms with van der Waals surface area (Å²) in [6.45, 7) is 4.07. The Morgan fingerprint density at radius 2 is 1.88 bits per heavy atom. The molecule has 1 aromatic carbocycles. The van der Waals surface area contributed by atoms with Gasteiger partial charge in [-0.15, -0.1) is 24.0 Å². The summed E-state index contributed by atoms with van der Waals surface area (Å²) in [6, 6.07) is 6.65. The van der Waals surface area contributed by atoms with Crippen LogP contribution in [0.4, 0.5) is 13.2 Å². The van der Waals surface area contributed by atoms with Gasteiger partial charge in [-0.3, -0.25) is 4.99 Å². The van der Waals surface area contributed by atoms with Crippen molar-refractivity contribution in [3.8, 4) is 5.75 Å². The third kappa shape index (κ3) is 9.84. The number of aliphatic imine (C=N–C) groups is 1. The standard InChI is InChI=1S/C16H24F3N3O.HI/c1-12(2)8-9-21-15(20-3)22-10-13-6-4-5-7-14(13)23-11-16(17,18)19;/h4-7,12H,8-11H2,1-3H3,(H2,20,21,22);1H. The van der Waals surface area contributed by atoms with Gasteiger partial charge in [0.2, 0.25) is 0 Å². The minimum atomic E-state index is -4.35. The molecule has 0 aliphatic rings.